The van der Waals surface area contributed by atoms with Gasteiger partial charge in [0.1, 0.15) is 5.82 Å². The van der Waals surface area contributed by atoms with Gasteiger partial charge in [0.2, 0.25) is 0 Å². The molecular formula is C15H20F2N4O. The predicted octanol–water partition coefficient (Wildman–Crippen LogP) is 1.22. The van der Waals surface area contributed by atoms with Crippen LogP contribution < -0.4 is 10.2 Å². The first-order chi connectivity index (χ1) is 10.5. The average molecular weight is 310 g/mol. The summed E-state index contributed by atoms with van der Waals surface area (Å²) in [6.45, 7) is 1.89. The van der Waals surface area contributed by atoms with E-state index in [2.05, 4.69) is 10.3 Å². The number of nitrogens with zero attached hydrogens (tertiary/aromatic N) is 3. The number of anilines is 1. The van der Waals surface area contributed by atoms with Crippen LogP contribution in [0, 0.1) is 5.92 Å². The number of fused-ring (bicyclic) bond motifs is 2. The van der Waals surface area contributed by atoms with Crippen LogP contribution in [0.1, 0.15) is 16.8 Å². The molecule has 2 bridgehead atoms. The van der Waals surface area contributed by atoms with Gasteiger partial charge >= 0.3 is 0 Å². The Morgan fingerprint density at radius 3 is 3.09 bits per heavy atom. The highest BCUT2D eigenvalue weighted by molar-refractivity contribution is 5.99. The standard InChI is InChI=1S/C15H20F2N4O/c1-20(9-13(16)17)14-12(3-2-4-18-14)15(22)21-7-10-5-11(8-21)19-6-10/h2-4,10-11,13,19H,5-9H2,1H3. The third-order valence-corrected chi connectivity index (χ3v) is 4.31. The van der Waals surface area contributed by atoms with E-state index in [4.69, 9.17) is 0 Å². The quantitative estimate of drug-likeness (QED) is 0.908. The molecule has 1 aromatic rings. The minimum atomic E-state index is -2.47. The van der Waals surface area contributed by atoms with Crippen LogP contribution in [-0.2, 0) is 0 Å². The number of alkyl halides is 2. The van der Waals surface area contributed by atoms with Gasteiger partial charge in [-0.15, -0.1) is 0 Å². The van der Waals surface area contributed by atoms with E-state index in [0.717, 1.165) is 19.5 Å². The van der Waals surface area contributed by atoms with Gasteiger partial charge in [-0.1, -0.05) is 0 Å². The van der Waals surface area contributed by atoms with Gasteiger partial charge in [0.25, 0.3) is 12.3 Å². The summed E-state index contributed by atoms with van der Waals surface area (Å²) in [4.78, 5) is 20.1. The summed E-state index contributed by atoms with van der Waals surface area (Å²) in [5, 5.41) is 3.40. The Morgan fingerprint density at radius 1 is 1.55 bits per heavy atom. The third-order valence-electron chi connectivity index (χ3n) is 4.31. The van der Waals surface area contributed by atoms with E-state index < -0.39 is 13.0 Å². The fourth-order valence-corrected chi connectivity index (χ4v) is 3.33. The molecule has 2 aliphatic heterocycles. The molecule has 1 amide bonds. The second-order valence-electron chi connectivity index (χ2n) is 6.06. The normalized spacial score (nSPS) is 23.9. The van der Waals surface area contributed by atoms with Crippen LogP contribution in [0.25, 0.3) is 0 Å². The zero-order chi connectivity index (χ0) is 15.7. The fraction of sp³-hybridized carbons (Fsp3) is 0.600. The first kappa shape index (κ1) is 15.1. The molecule has 1 N–H and O–H groups in total. The second kappa shape index (κ2) is 6.16. The summed E-state index contributed by atoms with van der Waals surface area (Å²) in [6, 6.07) is 3.68. The number of likely N-dealkylation sites (tertiary alicyclic amines) is 1. The smallest absolute Gasteiger partial charge is 0.257 e. The number of halogens is 2. The summed E-state index contributed by atoms with van der Waals surface area (Å²) >= 11 is 0. The van der Waals surface area contributed by atoms with Crippen molar-refractivity contribution in [1.29, 1.82) is 0 Å². The maximum absolute atomic E-state index is 12.8. The first-order valence-electron chi connectivity index (χ1n) is 7.51. The summed E-state index contributed by atoms with van der Waals surface area (Å²) < 4.78 is 25.2. The zero-order valence-corrected chi connectivity index (χ0v) is 12.5. The van der Waals surface area contributed by atoms with E-state index in [1.807, 2.05) is 4.90 Å². The van der Waals surface area contributed by atoms with E-state index in [1.165, 1.54) is 18.1 Å². The lowest BCUT2D eigenvalue weighted by Gasteiger charge is -2.32. The number of amides is 1. The van der Waals surface area contributed by atoms with E-state index in [1.54, 1.807) is 12.1 Å². The number of aromatic nitrogens is 1. The van der Waals surface area contributed by atoms with Gasteiger partial charge in [-0.2, -0.15) is 0 Å². The molecule has 5 nitrogen and oxygen atoms in total. The lowest BCUT2D eigenvalue weighted by molar-refractivity contribution is 0.0691. The highest BCUT2D eigenvalue weighted by atomic mass is 19.3. The molecule has 3 rings (SSSR count). The number of hydrogen-bond acceptors (Lipinski definition) is 4. The number of pyridine rings is 1. The van der Waals surface area contributed by atoms with Crippen molar-refractivity contribution in [1.82, 2.24) is 15.2 Å². The number of rotatable bonds is 4. The van der Waals surface area contributed by atoms with E-state index in [0.29, 0.717) is 29.9 Å². The largest absolute Gasteiger partial charge is 0.353 e. The Balaban J connectivity index is 1.80. The average Bonchev–Trinajstić information content (AvgIpc) is 2.84. The number of nitrogens with one attached hydrogen (secondary N) is 1. The van der Waals surface area contributed by atoms with Crippen LogP contribution in [0.3, 0.4) is 0 Å². The summed E-state index contributed by atoms with van der Waals surface area (Å²) in [5.74, 6) is 0.683. The zero-order valence-electron chi connectivity index (χ0n) is 12.5. The van der Waals surface area contributed by atoms with Crippen LogP contribution in [0.2, 0.25) is 0 Å². The highest BCUT2D eigenvalue weighted by Crippen LogP contribution is 2.25. The Morgan fingerprint density at radius 2 is 2.36 bits per heavy atom. The molecule has 2 atom stereocenters. The minimum absolute atomic E-state index is 0.123. The van der Waals surface area contributed by atoms with Gasteiger partial charge in [-0.3, -0.25) is 4.79 Å². The van der Waals surface area contributed by atoms with Crippen molar-refractivity contribution in [3.05, 3.63) is 23.9 Å². The number of carbonyl (C=O) groups excluding carboxylic acids is 1. The van der Waals surface area contributed by atoms with Crippen LogP contribution in [0.4, 0.5) is 14.6 Å². The molecule has 0 aliphatic carbocycles. The summed E-state index contributed by atoms with van der Waals surface area (Å²) in [7, 11) is 1.53. The van der Waals surface area contributed by atoms with Crippen LogP contribution in [-0.4, -0.2) is 61.5 Å². The number of carbonyl (C=O) groups is 1. The number of piperidine rings is 1. The molecule has 7 heteroatoms. The van der Waals surface area contributed by atoms with Crippen molar-refractivity contribution in [3.63, 3.8) is 0 Å². The number of hydrogen-bond donors (Lipinski definition) is 1. The van der Waals surface area contributed by atoms with Crippen LogP contribution >= 0.6 is 0 Å². The van der Waals surface area contributed by atoms with E-state index in [9.17, 15) is 13.6 Å². The molecule has 2 saturated heterocycles. The van der Waals surface area contributed by atoms with Gasteiger partial charge in [-0.25, -0.2) is 13.8 Å². The Hall–Kier alpha value is -1.76. The summed E-state index contributed by atoms with van der Waals surface area (Å²) in [6.07, 6.45) is 0.162. The molecular weight excluding hydrogens is 290 g/mol. The van der Waals surface area contributed by atoms with Crippen molar-refractivity contribution in [2.75, 3.05) is 38.1 Å². The lowest BCUT2D eigenvalue weighted by atomic mass is 9.99. The molecule has 0 aromatic carbocycles. The molecule has 2 aliphatic rings. The van der Waals surface area contributed by atoms with Gasteiger partial charge in [0, 0.05) is 38.9 Å². The monoisotopic (exact) mass is 310 g/mol. The van der Waals surface area contributed by atoms with Gasteiger partial charge < -0.3 is 15.1 Å². The molecule has 22 heavy (non-hydrogen) atoms. The second-order valence-corrected chi connectivity index (χ2v) is 6.06. The van der Waals surface area contributed by atoms with Crippen molar-refractivity contribution >= 4 is 11.7 Å². The van der Waals surface area contributed by atoms with Crippen LogP contribution in [0.15, 0.2) is 18.3 Å². The topological polar surface area (TPSA) is 48.5 Å². The van der Waals surface area contributed by atoms with Crippen molar-refractivity contribution in [2.24, 2.45) is 5.92 Å². The van der Waals surface area contributed by atoms with Crippen molar-refractivity contribution < 1.29 is 13.6 Å². The Bertz CT molecular complexity index is 542. The van der Waals surface area contributed by atoms with Crippen molar-refractivity contribution in [2.45, 2.75) is 18.9 Å². The maximum atomic E-state index is 12.8. The Labute approximate surface area is 128 Å². The highest BCUT2D eigenvalue weighted by Gasteiger charge is 2.35. The van der Waals surface area contributed by atoms with Crippen LogP contribution in [0.5, 0.6) is 0 Å². The third kappa shape index (κ3) is 3.04. The molecule has 120 valence electrons. The van der Waals surface area contributed by atoms with E-state index in [-0.39, 0.29) is 5.91 Å². The molecule has 0 spiro atoms. The predicted molar refractivity (Wildman–Crippen MR) is 79.3 cm³/mol. The first-order valence-corrected chi connectivity index (χ1v) is 7.51. The SMILES string of the molecule is CN(CC(F)F)c1ncccc1C(=O)N1CC2CNC(C2)C1. The molecule has 0 saturated carbocycles. The van der Waals surface area contributed by atoms with Gasteiger partial charge in [0.15, 0.2) is 0 Å². The fourth-order valence-electron chi connectivity index (χ4n) is 3.33. The van der Waals surface area contributed by atoms with Gasteiger partial charge in [0.05, 0.1) is 12.1 Å². The Kier molecular flexibility index (Phi) is 4.24. The van der Waals surface area contributed by atoms with Gasteiger partial charge in [-0.05, 0) is 24.5 Å². The lowest BCUT2D eigenvalue weighted by Crippen LogP contribution is -2.45. The minimum Gasteiger partial charge on any atom is -0.353 e. The summed E-state index contributed by atoms with van der Waals surface area (Å²) in [5.41, 5.74) is 0.395. The molecule has 2 unspecified atom stereocenters. The van der Waals surface area contributed by atoms with E-state index >= 15 is 0 Å². The molecule has 3 heterocycles. The molecule has 1 aromatic heterocycles. The molecule has 0 radical (unpaired) electrons. The molecule has 2 fully saturated rings. The maximum Gasteiger partial charge on any atom is 0.257 e. The van der Waals surface area contributed by atoms with Crippen molar-refractivity contribution in [3.8, 4) is 0 Å².